The van der Waals surface area contributed by atoms with Crippen molar-refractivity contribution in [1.82, 2.24) is 4.98 Å². The molecule has 142 valence electrons. The highest BCUT2D eigenvalue weighted by Crippen LogP contribution is 2.24. The molecule has 2 aromatic carbocycles. The van der Waals surface area contributed by atoms with Crippen molar-refractivity contribution in [3.05, 3.63) is 78.1 Å². The molecule has 5 heteroatoms. The van der Waals surface area contributed by atoms with Gasteiger partial charge < -0.3 is 15.5 Å². The van der Waals surface area contributed by atoms with E-state index in [1.807, 2.05) is 37.3 Å². The SMILES string of the molecule is Cc1ccc(NC(=O)c2cncc(Nc3ccc(N4CCCC4)cc3)c2)cc1. The molecule has 5 nitrogen and oxygen atoms in total. The van der Waals surface area contributed by atoms with Crippen LogP contribution in [-0.2, 0) is 0 Å². The molecule has 0 radical (unpaired) electrons. The molecule has 0 unspecified atom stereocenters. The minimum Gasteiger partial charge on any atom is -0.372 e. The Morgan fingerprint density at radius 2 is 1.57 bits per heavy atom. The number of anilines is 4. The van der Waals surface area contributed by atoms with Gasteiger partial charge in [0.15, 0.2) is 0 Å². The number of nitrogens with one attached hydrogen (secondary N) is 2. The van der Waals surface area contributed by atoms with Gasteiger partial charge in [-0.2, -0.15) is 0 Å². The minimum atomic E-state index is -0.176. The summed E-state index contributed by atoms with van der Waals surface area (Å²) in [5.41, 5.74) is 5.45. The van der Waals surface area contributed by atoms with Crippen molar-refractivity contribution in [3.8, 4) is 0 Å². The van der Waals surface area contributed by atoms with Crippen LogP contribution in [-0.4, -0.2) is 24.0 Å². The van der Waals surface area contributed by atoms with Gasteiger partial charge >= 0.3 is 0 Å². The number of carbonyl (C=O) groups is 1. The average Bonchev–Trinajstić information content (AvgIpc) is 3.25. The maximum absolute atomic E-state index is 12.5. The molecule has 1 aliphatic rings. The fourth-order valence-corrected chi connectivity index (χ4v) is 3.37. The van der Waals surface area contributed by atoms with Crippen molar-refractivity contribution in [1.29, 1.82) is 0 Å². The molecule has 1 saturated heterocycles. The molecule has 0 spiro atoms. The normalized spacial score (nSPS) is 13.4. The summed E-state index contributed by atoms with van der Waals surface area (Å²) in [6, 6.07) is 17.9. The Morgan fingerprint density at radius 3 is 2.29 bits per heavy atom. The highest BCUT2D eigenvalue weighted by molar-refractivity contribution is 6.04. The molecule has 0 saturated carbocycles. The lowest BCUT2D eigenvalue weighted by Gasteiger charge is -2.18. The smallest absolute Gasteiger partial charge is 0.257 e. The fourth-order valence-electron chi connectivity index (χ4n) is 3.37. The Morgan fingerprint density at radius 1 is 0.893 bits per heavy atom. The number of rotatable bonds is 5. The minimum absolute atomic E-state index is 0.176. The highest BCUT2D eigenvalue weighted by Gasteiger charge is 2.12. The Balaban J connectivity index is 1.43. The van der Waals surface area contributed by atoms with E-state index in [-0.39, 0.29) is 5.91 Å². The van der Waals surface area contributed by atoms with Crippen molar-refractivity contribution in [2.45, 2.75) is 19.8 Å². The van der Waals surface area contributed by atoms with Crippen LogP contribution in [0.2, 0.25) is 0 Å². The van der Waals surface area contributed by atoms with E-state index in [2.05, 4.69) is 44.8 Å². The largest absolute Gasteiger partial charge is 0.372 e. The lowest BCUT2D eigenvalue weighted by atomic mass is 10.2. The lowest BCUT2D eigenvalue weighted by Crippen LogP contribution is -2.17. The van der Waals surface area contributed by atoms with Gasteiger partial charge in [0, 0.05) is 36.3 Å². The summed E-state index contributed by atoms with van der Waals surface area (Å²) in [7, 11) is 0. The lowest BCUT2D eigenvalue weighted by molar-refractivity contribution is 0.102. The van der Waals surface area contributed by atoms with Gasteiger partial charge in [0.1, 0.15) is 0 Å². The van der Waals surface area contributed by atoms with Crippen LogP contribution in [0.4, 0.5) is 22.7 Å². The Kier molecular flexibility index (Phi) is 5.24. The summed E-state index contributed by atoms with van der Waals surface area (Å²) >= 11 is 0. The number of hydrogen-bond donors (Lipinski definition) is 2. The third-order valence-corrected chi connectivity index (χ3v) is 4.94. The van der Waals surface area contributed by atoms with Crippen LogP contribution in [0.3, 0.4) is 0 Å². The molecule has 1 aromatic heterocycles. The zero-order valence-corrected chi connectivity index (χ0v) is 16.0. The summed E-state index contributed by atoms with van der Waals surface area (Å²) in [6.45, 7) is 4.28. The fraction of sp³-hybridized carbons (Fsp3) is 0.217. The first kappa shape index (κ1) is 18.0. The Labute approximate surface area is 165 Å². The van der Waals surface area contributed by atoms with Gasteiger partial charge in [0.05, 0.1) is 17.4 Å². The van der Waals surface area contributed by atoms with Crippen LogP contribution in [0.1, 0.15) is 28.8 Å². The van der Waals surface area contributed by atoms with Gasteiger partial charge in [0.25, 0.3) is 5.91 Å². The van der Waals surface area contributed by atoms with Gasteiger partial charge in [-0.25, -0.2) is 0 Å². The van der Waals surface area contributed by atoms with E-state index < -0.39 is 0 Å². The summed E-state index contributed by atoms with van der Waals surface area (Å²) in [5, 5.41) is 6.23. The van der Waals surface area contributed by atoms with Crippen LogP contribution in [0.5, 0.6) is 0 Å². The van der Waals surface area contributed by atoms with Gasteiger partial charge in [-0.1, -0.05) is 17.7 Å². The molecule has 0 atom stereocenters. The first-order valence-electron chi connectivity index (χ1n) is 9.62. The topological polar surface area (TPSA) is 57.3 Å². The Hall–Kier alpha value is -3.34. The number of aromatic nitrogens is 1. The van der Waals surface area contributed by atoms with E-state index in [9.17, 15) is 4.79 Å². The van der Waals surface area contributed by atoms with Crippen LogP contribution in [0.15, 0.2) is 67.0 Å². The molecule has 28 heavy (non-hydrogen) atoms. The molecule has 1 aliphatic heterocycles. The summed E-state index contributed by atoms with van der Waals surface area (Å²) in [4.78, 5) is 19.1. The first-order chi connectivity index (χ1) is 13.7. The number of hydrogen-bond acceptors (Lipinski definition) is 4. The predicted molar refractivity (Wildman–Crippen MR) is 115 cm³/mol. The number of amides is 1. The summed E-state index contributed by atoms with van der Waals surface area (Å²) in [6.07, 6.45) is 5.83. The van der Waals surface area contributed by atoms with Crippen molar-refractivity contribution in [3.63, 3.8) is 0 Å². The summed E-state index contributed by atoms with van der Waals surface area (Å²) in [5.74, 6) is -0.176. The molecule has 1 amide bonds. The maximum Gasteiger partial charge on any atom is 0.257 e. The number of nitrogens with zero attached hydrogens (tertiary/aromatic N) is 2. The second-order valence-corrected chi connectivity index (χ2v) is 7.15. The van der Waals surface area contributed by atoms with Crippen LogP contribution >= 0.6 is 0 Å². The zero-order chi connectivity index (χ0) is 19.3. The highest BCUT2D eigenvalue weighted by atomic mass is 16.1. The third kappa shape index (κ3) is 4.31. The molecular weight excluding hydrogens is 348 g/mol. The first-order valence-corrected chi connectivity index (χ1v) is 9.62. The molecular formula is C23H24N4O. The average molecular weight is 372 g/mol. The predicted octanol–water partition coefficient (Wildman–Crippen LogP) is 4.99. The summed E-state index contributed by atoms with van der Waals surface area (Å²) < 4.78 is 0. The molecule has 0 bridgehead atoms. The van der Waals surface area contributed by atoms with E-state index in [4.69, 9.17) is 0 Å². The van der Waals surface area contributed by atoms with E-state index >= 15 is 0 Å². The van der Waals surface area contributed by atoms with E-state index in [1.165, 1.54) is 18.5 Å². The molecule has 4 rings (SSSR count). The van der Waals surface area contributed by atoms with E-state index in [0.717, 1.165) is 35.7 Å². The van der Waals surface area contributed by atoms with E-state index in [1.54, 1.807) is 12.4 Å². The van der Waals surface area contributed by atoms with Crippen molar-refractivity contribution in [2.24, 2.45) is 0 Å². The zero-order valence-electron chi connectivity index (χ0n) is 16.0. The van der Waals surface area contributed by atoms with Crippen molar-refractivity contribution in [2.75, 3.05) is 28.6 Å². The maximum atomic E-state index is 12.5. The van der Waals surface area contributed by atoms with E-state index in [0.29, 0.717) is 5.56 Å². The standard InChI is InChI=1S/C23H24N4O/c1-17-4-6-20(7-5-17)26-23(28)18-14-21(16-24-15-18)25-19-8-10-22(11-9-19)27-12-2-3-13-27/h4-11,14-16,25H,2-3,12-13H2,1H3,(H,26,28). The molecule has 3 aromatic rings. The monoisotopic (exact) mass is 372 g/mol. The van der Waals surface area contributed by atoms with Crippen LogP contribution in [0, 0.1) is 6.92 Å². The Bertz CT molecular complexity index is 945. The number of pyridine rings is 1. The van der Waals surface area contributed by atoms with Crippen molar-refractivity contribution < 1.29 is 4.79 Å². The number of aryl methyl sites for hydroxylation is 1. The second-order valence-electron chi connectivity index (χ2n) is 7.15. The second kappa shape index (κ2) is 8.13. The van der Waals surface area contributed by atoms with Gasteiger partial charge in [-0.05, 0) is 62.2 Å². The number of carbonyl (C=O) groups excluding carboxylic acids is 1. The quantitative estimate of drug-likeness (QED) is 0.663. The molecule has 2 heterocycles. The molecule has 2 N–H and O–H groups in total. The van der Waals surface area contributed by atoms with Gasteiger partial charge in [-0.3, -0.25) is 9.78 Å². The number of benzene rings is 2. The van der Waals surface area contributed by atoms with Crippen LogP contribution in [0.25, 0.3) is 0 Å². The van der Waals surface area contributed by atoms with Gasteiger partial charge in [0.2, 0.25) is 0 Å². The van der Waals surface area contributed by atoms with Crippen LogP contribution < -0.4 is 15.5 Å². The molecule has 0 aliphatic carbocycles. The van der Waals surface area contributed by atoms with Crippen molar-refractivity contribution >= 4 is 28.7 Å². The third-order valence-electron chi connectivity index (χ3n) is 4.94. The van der Waals surface area contributed by atoms with Gasteiger partial charge in [-0.15, -0.1) is 0 Å². The molecule has 1 fully saturated rings.